The van der Waals surface area contributed by atoms with Crippen molar-refractivity contribution >= 4 is 11.6 Å². The van der Waals surface area contributed by atoms with Crippen LogP contribution in [0, 0.1) is 5.92 Å². The SMILES string of the molecule is N[C@@H]1CCCN(CC(c2ccc(OCc3ccccc3)c(Cl)c2)C2CCCCC2O)C1. The normalized spacial score (nSPS) is 25.8. The average Bonchev–Trinajstić information content (AvgIpc) is 2.78. The second-order valence-corrected chi connectivity index (χ2v) is 9.66. The van der Waals surface area contributed by atoms with Crippen molar-refractivity contribution < 1.29 is 9.84 Å². The van der Waals surface area contributed by atoms with Crippen molar-refractivity contribution in [2.24, 2.45) is 11.7 Å². The van der Waals surface area contributed by atoms with Crippen molar-refractivity contribution in [3.63, 3.8) is 0 Å². The van der Waals surface area contributed by atoms with Crippen LogP contribution in [0.3, 0.4) is 0 Å². The molecule has 0 aromatic heterocycles. The second kappa shape index (κ2) is 10.8. The fourth-order valence-corrected chi connectivity index (χ4v) is 5.48. The van der Waals surface area contributed by atoms with Gasteiger partial charge in [0.2, 0.25) is 0 Å². The number of hydrogen-bond acceptors (Lipinski definition) is 4. The molecule has 1 saturated carbocycles. The fourth-order valence-electron chi connectivity index (χ4n) is 5.23. The van der Waals surface area contributed by atoms with Gasteiger partial charge in [-0.1, -0.05) is 60.8 Å². The summed E-state index contributed by atoms with van der Waals surface area (Å²) in [6, 6.07) is 16.6. The first kappa shape index (κ1) is 22.6. The van der Waals surface area contributed by atoms with Crippen molar-refractivity contribution in [1.82, 2.24) is 4.90 Å². The molecule has 0 radical (unpaired) electrons. The van der Waals surface area contributed by atoms with E-state index in [1.54, 1.807) is 0 Å². The Balaban J connectivity index is 1.51. The molecule has 2 aromatic rings. The van der Waals surface area contributed by atoms with E-state index in [2.05, 4.69) is 17.0 Å². The third-order valence-electron chi connectivity index (χ3n) is 6.92. The molecule has 0 spiro atoms. The van der Waals surface area contributed by atoms with E-state index in [-0.39, 0.29) is 24.0 Å². The molecule has 2 aliphatic rings. The van der Waals surface area contributed by atoms with Crippen molar-refractivity contribution in [1.29, 1.82) is 0 Å². The number of nitrogens with two attached hydrogens (primary N) is 1. The number of benzene rings is 2. The lowest BCUT2D eigenvalue weighted by molar-refractivity contribution is 0.0433. The van der Waals surface area contributed by atoms with E-state index >= 15 is 0 Å². The average molecular weight is 443 g/mol. The highest BCUT2D eigenvalue weighted by atomic mass is 35.5. The number of aliphatic hydroxyl groups excluding tert-OH is 1. The number of hydrogen-bond donors (Lipinski definition) is 2. The van der Waals surface area contributed by atoms with Gasteiger partial charge in [0.25, 0.3) is 0 Å². The number of likely N-dealkylation sites (tertiary alicyclic amines) is 1. The summed E-state index contributed by atoms with van der Waals surface area (Å²) in [5.41, 5.74) is 8.56. The van der Waals surface area contributed by atoms with Gasteiger partial charge in [-0.05, 0) is 61.4 Å². The Morgan fingerprint density at radius 1 is 1.06 bits per heavy atom. The summed E-state index contributed by atoms with van der Waals surface area (Å²) in [7, 11) is 0. The van der Waals surface area contributed by atoms with Gasteiger partial charge in [-0.25, -0.2) is 0 Å². The van der Waals surface area contributed by atoms with Crippen LogP contribution in [0.4, 0.5) is 0 Å². The van der Waals surface area contributed by atoms with Crippen LogP contribution in [0.25, 0.3) is 0 Å². The zero-order valence-corrected chi connectivity index (χ0v) is 19.0. The summed E-state index contributed by atoms with van der Waals surface area (Å²) < 4.78 is 5.98. The molecule has 1 aliphatic heterocycles. The lowest BCUT2D eigenvalue weighted by Gasteiger charge is -2.39. The highest BCUT2D eigenvalue weighted by molar-refractivity contribution is 6.32. The highest BCUT2D eigenvalue weighted by Crippen LogP contribution is 2.39. The molecular formula is C26H35ClN2O2. The van der Waals surface area contributed by atoms with Gasteiger partial charge < -0.3 is 20.5 Å². The molecule has 4 nitrogen and oxygen atoms in total. The lowest BCUT2D eigenvalue weighted by Crippen LogP contribution is -2.46. The Morgan fingerprint density at radius 2 is 1.87 bits per heavy atom. The maximum atomic E-state index is 10.8. The standard InChI is InChI=1S/C26H35ClN2O2/c27-24-15-20(12-13-26(24)31-18-19-7-2-1-3-8-19)23(22-10-4-5-11-25(22)30)17-29-14-6-9-21(28)16-29/h1-3,7-8,12-13,15,21-23,25,30H,4-6,9-11,14,16-18,28H2/t21-,22?,23?,25?/m1/s1. The summed E-state index contributed by atoms with van der Waals surface area (Å²) >= 11 is 6.66. The molecule has 4 atom stereocenters. The van der Waals surface area contributed by atoms with Crippen LogP contribution >= 0.6 is 11.6 Å². The minimum atomic E-state index is -0.245. The van der Waals surface area contributed by atoms with E-state index in [1.165, 1.54) is 12.0 Å². The van der Waals surface area contributed by atoms with Crippen LogP contribution in [-0.4, -0.2) is 41.8 Å². The van der Waals surface area contributed by atoms with Gasteiger partial charge in [-0.3, -0.25) is 0 Å². The number of aliphatic hydroxyl groups is 1. The molecule has 0 amide bonds. The Kier molecular flexibility index (Phi) is 7.89. The summed E-state index contributed by atoms with van der Waals surface area (Å²) in [5, 5.41) is 11.5. The molecule has 5 heteroatoms. The van der Waals surface area contributed by atoms with Gasteiger partial charge in [0.05, 0.1) is 11.1 Å². The Morgan fingerprint density at radius 3 is 2.61 bits per heavy atom. The van der Waals surface area contributed by atoms with Crippen molar-refractivity contribution in [3.05, 3.63) is 64.7 Å². The first-order valence-corrected chi connectivity index (χ1v) is 12.1. The van der Waals surface area contributed by atoms with Crippen molar-refractivity contribution in [3.8, 4) is 5.75 Å². The van der Waals surface area contributed by atoms with Gasteiger partial charge in [-0.15, -0.1) is 0 Å². The van der Waals surface area contributed by atoms with E-state index in [0.29, 0.717) is 17.4 Å². The maximum Gasteiger partial charge on any atom is 0.138 e. The quantitative estimate of drug-likeness (QED) is 0.635. The molecule has 3 N–H and O–H groups in total. The third-order valence-corrected chi connectivity index (χ3v) is 7.21. The molecule has 168 valence electrons. The van der Waals surface area contributed by atoms with Crippen molar-refractivity contribution in [2.75, 3.05) is 19.6 Å². The number of ether oxygens (including phenoxy) is 1. The molecule has 2 aromatic carbocycles. The number of nitrogens with zero attached hydrogens (tertiary/aromatic N) is 1. The number of halogens is 1. The van der Waals surface area contributed by atoms with Crippen LogP contribution in [0.2, 0.25) is 5.02 Å². The molecule has 4 rings (SSSR count). The molecule has 1 saturated heterocycles. The molecule has 3 unspecified atom stereocenters. The first-order chi connectivity index (χ1) is 15.1. The summed E-state index contributed by atoms with van der Waals surface area (Å²) in [4.78, 5) is 2.48. The minimum Gasteiger partial charge on any atom is -0.487 e. The van der Waals surface area contributed by atoms with Gasteiger partial charge in [0, 0.05) is 25.0 Å². The van der Waals surface area contributed by atoms with E-state index in [4.69, 9.17) is 22.1 Å². The maximum absolute atomic E-state index is 10.8. The predicted molar refractivity (Wildman–Crippen MR) is 127 cm³/mol. The fraction of sp³-hybridized carbons (Fsp3) is 0.538. The van der Waals surface area contributed by atoms with Gasteiger partial charge >= 0.3 is 0 Å². The number of piperidine rings is 1. The molecule has 31 heavy (non-hydrogen) atoms. The number of rotatable bonds is 7. The summed E-state index contributed by atoms with van der Waals surface area (Å²) in [6.07, 6.45) is 6.27. The lowest BCUT2D eigenvalue weighted by atomic mass is 9.74. The Labute approximate surface area is 191 Å². The van der Waals surface area contributed by atoms with Crippen LogP contribution in [0.5, 0.6) is 5.75 Å². The van der Waals surface area contributed by atoms with E-state index in [0.717, 1.165) is 57.3 Å². The molecule has 2 fully saturated rings. The summed E-state index contributed by atoms with van der Waals surface area (Å²) in [5.74, 6) is 1.22. The topological polar surface area (TPSA) is 58.7 Å². The van der Waals surface area contributed by atoms with Gasteiger partial charge in [0.15, 0.2) is 0 Å². The van der Waals surface area contributed by atoms with E-state index < -0.39 is 0 Å². The molecular weight excluding hydrogens is 408 g/mol. The second-order valence-electron chi connectivity index (χ2n) is 9.25. The Hall–Kier alpha value is -1.59. The zero-order valence-electron chi connectivity index (χ0n) is 18.3. The Bertz CT molecular complexity index is 831. The minimum absolute atomic E-state index is 0.245. The van der Waals surface area contributed by atoms with Crippen LogP contribution in [-0.2, 0) is 6.61 Å². The third kappa shape index (κ3) is 6.01. The van der Waals surface area contributed by atoms with Crippen molar-refractivity contribution in [2.45, 2.75) is 63.2 Å². The zero-order chi connectivity index (χ0) is 21.6. The predicted octanol–water partition coefficient (Wildman–Crippen LogP) is 4.98. The molecule has 0 bridgehead atoms. The first-order valence-electron chi connectivity index (χ1n) is 11.7. The van der Waals surface area contributed by atoms with Crippen LogP contribution < -0.4 is 10.5 Å². The largest absolute Gasteiger partial charge is 0.487 e. The van der Waals surface area contributed by atoms with Crippen LogP contribution in [0.15, 0.2) is 48.5 Å². The van der Waals surface area contributed by atoms with E-state index in [9.17, 15) is 5.11 Å². The highest BCUT2D eigenvalue weighted by Gasteiger charge is 2.34. The van der Waals surface area contributed by atoms with Gasteiger partial charge in [-0.2, -0.15) is 0 Å². The van der Waals surface area contributed by atoms with Crippen LogP contribution in [0.1, 0.15) is 55.6 Å². The van der Waals surface area contributed by atoms with Gasteiger partial charge in [0.1, 0.15) is 12.4 Å². The monoisotopic (exact) mass is 442 g/mol. The summed E-state index contributed by atoms with van der Waals surface area (Å²) in [6.45, 7) is 3.44. The van der Waals surface area contributed by atoms with E-state index in [1.807, 2.05) is 36.4 Å². The molecule has 1 heterocycles. The smallest absolute Gasteiger partial charge is 0.138 e. The molecule has 1 aliphatic carbocycles.